The molecule has 1 aromatic carbocycles. The van der Waals surface area contributed by atoms with E-state index in [4.69, 9.17) is 9.47 Å². The third kappa shape index (κ3) is 2.90. The first-order chi connectivity index (χ1) is 10.6. The second-order valence-corrected chi connectivity index (χ2v) is 6.29. The number of amides is 1. The molecule has 2 aliphatic heterocycles. The van der Waals surface area contributed by atoms with Gasteiger partial charge in [0.2, 0.25) is 0 Å². The summed E-state index contributed by atoms with van der Waals surface area (Å²) in [6, 6.07) is 6.77. The van der Waals surface area contributed by atoms with Crippen molar-refractivity contribution in [3.63, 3.8) is 0 Å². The van der Waals surface area contributed by atoms with E-state index in [-0.39, 0.29) is 11.9 Å². The molecule has 0 radical (unpaired) electrons. The third-order valence-corrected chi connectivity index (χ3v) is 5.05. The van der Waals surface area contributed by atoms with Crippen LogP contribution in [0.2, 0.25) is 0 Å². The number of carbonyl (C=O) groups excluding carboxylic acids is 1. The van der Waals surface area contributed by atoms with E-state index in [0.717, 1.165) is 12.8 Å². The Morgan fingerprint density at radius 1 is 1.09 bits per heavy atom. The zero-order chi connectivity index (χ0) is 15.7. The molecule has 5 nitrogen and oxygen atoms in total. The summed E-state index contributed by atoms with van der Waals surface area (Å²) in [6.07, 6.45) is 4.58. The number of nitrogens with one attached hydrogen (secondary N) is 1. The highest BCUT2D eigenvalue weighted by molar-refractivity contribution is 5.95. The number of nitrogens with zero attached hydrogens (tertiary/aromatic N) is 1. The molecule has 2 atom stereocenters. The first kappa shape index (κ1) is 15.2. The minimum absolute atomic E-state index is 0.0499. The predicted octanol–water partition coefficient (Wildman–Crippen LogP) is 2.06. The maximum atomic E-state index is 12.5. The minimum atomic E-state index is -0.0499. The van der Waals surface area contributed by atoms with Gasteiger partial charge in [0.1, 0.15) is 11.5 Å². The number of fused-ring (bicyclic) bond motifs is 2. The van der Waals surface area contributed by atoms with Crippen LogP contribution >= 0.6 is 0 Å². The molecular weight excluding hydrogens is 280 g/mol. The van der Waals surface area contributed by atoms with Gasteiger partial charge in [-0.2, -0.15) is 0 Å². The molecule has 2 bridgehead atoms. The van der Waals surface area contributed by atoms with Crippen LogP contribution in [0.25, 0.3) is 0 Å². The van der Waals surface area contributed by atoms with Gasteiger partial charge in [0.25, 0.3) is 5.91 Å². The Bertz CT molecular complexity index is 525. The number of piperidine rings is 1. The van der Waals surface area contributed by atoms with Crippen LogP contribution in [-0.4, -0.2) is 50.2 Å². The zero-order valence-electron chi connectivity index (χ0n) is 13.5. The molecule has 3 rings (SSSR count). The van der Waals surface area contributed by atoms with Gasteiger partial charge >= 0.3 is 0 Å². The Labute approximate surface area is 131 Å². The van der Waals surface area contributed by atoms with E-state index in [1.807, 2.05) is 0 Å². The van der Waals surface area contributed by atoms with E-state index < -0.39 is 0 Å². The third-order valence-electron chi connectivity index (χ3n) is 5.05. The second-order valence-electron chi connectivity index (χ2n) is 6.29. The molecule has 0 saturated carbocycles. The maximum absolute atomic E-state index is 12.5. The van der Waals surface area contributed by atoms with Crippen molar-refractivity contribution in [2.24, 2.45) is 0 Å². The molecule has 22 heavy (non-hydrogen) atoms. The average Bonchev–Trinajstić information content (AvgIpc) is 2.76. The first-order valence-electron chi connectivity index (χ1n) is 7.86. The molecule has 1 aromatic rings. The lowest BCUT2D eigenvalue weighted by Gasteiger charge is -2.36. The van der Waals surface area contributed by atoms with Crippen molar-refractivity contribution >= 4 is 5.91 Å². The Morgan fingerprint density at radius 3 is 2.14 bits per heavy atom. The highest BCUT2D eigenvalue weighted by Gasteiger charge is 2.38. The fourth-order valence-corrected chi connectivity index (χ4v) is 3.74. The largest absolute Gasteiger partial charge is 0.497 e. The summed E-state index contributed by atoms with van der Waals surface area (Å²) in [5, 5.41) is 3.18. The molecule has 120 valence electrons. The zero-order valence-corrected chi connectivity index (χ0v) is 13.5. The van der Waals surface area contributed by atoms with Gasteiger partial charge in [-0.3, -0.25) is 4.79 Å². The lowest BCUT2D eigenvalue weighted by atomic mass is 9.97. The van der Waals surface area contributed by atoms with Crippen LogP contribution in [-0.2, 0) is 0 Å². The Kier molecular flexibility index (Phi) is 4.25. The smallest absolute Gasteiger partial charge is 0.251 e. The number of carbonyl (C=O) groups is 1. The molecule has 5 heteroatoms. The fraction of sp³-hybridized carbons (Fsp3) is 0.588. The number of hydrogen-bond donors (Lipinski definition) is 1. The van der Waals surface area contributed by atoms with Crippen molar-refractivity contribution in [1.82, 2.24) is 10.2 Å². The Hall–Kier alpha value is -1.75. The van der Waals surface area contributed by atoms with Crippen molar-refractivity contribution in [3.8, 4) is 11.5 Å². The van der Waals surface area contributed by atoms with Gasteiger partial charge in [-0.25, -0.2) is 0 Å². The highest BCUT2D eigenvalue weighted by atomic mass is 16.5. The average molecular weight is 304 g/mol. The number of methoxy groups -OCH3 is 2. The van der Waals surface area contributed by atoms with E-state index in [0.29, 0.717) is 29.1 Å². The molecule has 1 amide bonds. The van der Waals surface area contributed by atoms with Crippen LogP contribution in [0.3, 0.4) is 0 Å². The first-order valence-corrected chi connectivity index (χ1v) is 7.86. The molecule has 0 unspecified atom stereocenters. The van der Waals surface area contributed by atoms with Crippen LogP contribution in [0.15, 0.2) is 18.2 Å². The molecule has 0 spiro atoms. The van der Waals surface area contributed by atoms with Crippen molar-refractivity contribution in [2.45, 2.75) is 43.8 Å². The summed E-state index contributed by atoms with van der Waals surface area (Å²) >= 11 is 0. The van der Waals surface area contributed by atoms with Crippen molar-refractivity contribution in [2.75, 3.05) is 21.3 Å². The molecule has 0 aliphatic carbocycles. The predicted molar refractivity (Wildman–Crippen MR) is 84.6 cm³/mol. The molecule has 2 saturated heterocycles. The van der Waals surface area contributed by atoms with Gasteiger partial charge in [-0.1, -0.05) is 0 Å². The second kappa shape index (κ2) is 6.16. The van der Waals surface area contributed by atoms with Crippen LogP contribution in [0, 0.1) is 0 Å². The molecular formula is C17H24N2O3. The fourth-order valence-electron chi connectivity index (χ4n) is 3.74. The van der Waals surface area contributed by atoms with Gasteiger partial charge in [0.05, 0.1) is 14.2 Å². The molecule has 1 N–H and O–H groups in total. The monoisotopic (exact) mass is 304 g/mol. The summed E-state index contributed by atoms with van der Waals surface area (Å²) in [4.78, 5) is 15.0. The van der Waals surface area contributed by atoms with Gasteiger partial charge in [-0.15, -0.1) is 0 Å². The van der Waals surface area contributed by atoms with Crippen molar-refractivity contribution in [1.29, 1.82) is 0 Å². The topological polar surface area (TPSA) is 50.8 Å². The molecule has 2 heterocycles. The van der Waals surface area contributed by atoms with Crippen molar-refractivity contribution in [3.05, 3.63) is 23.8 Å². The Morgan fingerprint density at radius 2 is 1.64 bits per heavy atom. The van der Waals surface area contributed by atoms with Crippen LogP contribution in [0.5, 0.6) is 11.5 Å². The van der Waals surface area contributed by atoms with Crippen LogP contribution in [0.1, 0.15) is 36.0 Å². The normalized spacial score (nSPS) is 27.5. The van der Waals surface area contributed by atoms with Crippen LogP contribution in [0.4, 0.5) is 0 Å². The number of ether oxygens (including phenoxy) is 2. The summed E-state index contributed by atoms with van der Waals surface area (Å²) in [7, 11) is 5.38. The van der Waals surface area contributed by atoms with Crippen molar-refractivity contribution < 1.29 is 14.3 Å². The van der Waals surface area contributed by atoms with Gasteiger partial charge in [0, 0.05) is 29.8 Å². The van der Waals surface area contributed by atoms with E-state index >= 15 is 0 Å². The van der Waals surface area contributed by atoms with Gasteiger partial charge < -0.3 is 19.7 Å². The van der Waals surface area contributed by atoms with Gasteiger partial charge in [-0.05, 0) is 44.9 Å². The highest BCUT2D eigenvalue weighted by Crippen LogP contribution is 2.34. The lowest BCUT2D eigenvalue weighted by molar-refractivity contribution is 0.0882. The van der Waals surface area contributed by atoms with E-state index in [1.54, 1.807) is 32.4 Å². The standard InChI is InChI=1S/C17H24N2O3/c1-19-13-4-5-14(19)9-12(8-13)18-17(20)11-6-15(21-2)10-16(7-11)22-3/h6-7,10,12-14H,4-5,8-9H2,1-3H3,(H,18,20)/t13-,14-/m1/s1. The van der Waals surface area contributed by atoms with Crippen LogP contribution < -0.4 is 14.8 Å². The summed E-state index contributed by atoms with van der Waals surface area (Å²) in [5.74, 6) is 1.21. The maximum Gasteiger partial charge on any atom is 0.251 e. The lowest BCUT2D eigenvalue weighted by Crippen LogP contribution is -2.48. The van der Waals surface area contributed by atoms with E-state index in [2.05, 4.69) is 17.3 Å². The number of benzene rings is 1. The van der Waals surface area contributed by atoms with E-state index in [1.165, 1.54) is 12.8 Å². The summed E-state index contributed by atoms with van der Waals surface area (Å²) in [6.45, 7) is 0. The Balaban J connectivity index is 1.70. The molecule has 0 aromatic heterocycles. The van der Waals surface area contributed by atoms with E-state index in [9.17, 15) is 4.79 Å². The summed E-state index contributed by atoms with van der Waals surface area (Å²) in [5.41, 5.74) is 0.586. The quantitative estimate of drug-likeness (QED) is 0.925. The number of rotatable bonds is 4. The molecule has 2 fully saturated rings. The SMILES string of the molecule is COc1cc(OC)cc(C(=O)NC2C[C@H]3CC[C@H](C2)N3C)c1. The molecule has 2 aliphatic rings. The minimum Gasteiger partial charge on any atom is -0.497 e. The summed E-state index contributed by atoms with van der Waals surface area (Å²) < 4.78 is 10.5. The van der Waals surface area contributed by atoms with Gasteiger partial charge in [0.15, 0.2) is 0 Å². The number of hydrogen-bond acceptors (Lipinski definition) is 4.